The Morgan fingerprint density at radius 1 is 0.643 bits per heavy atom. The summed E-state index contributed by atoms with van der Waals surface area (Å²) in [7, 11) is 0. The minimum atomic E-state index is 0.311. The van der Waals surface area contributed by atoms with E-state index in [9.17, 15) is 0 Å². The van der Waals surface area contributed by atoms with Crippen molar-refractivity contribution in [2.24, 2.45) is 0 Å². The van der Waals surface area contributed by atoms with Crippen molar-refractivity contribution >= 4 is 0 Å². The molecule has 1 atom stereocenters. The van der Waals surface area contributed by atoms with E-state index in [1.807, 2.05) is 0 Å². The monoisotopic (exact) mass is 376 g/mol. The highest BCUT2D eigenvalue weighted by atomic mass is 15.4. The molecule has 0 N–H and O–H groups in total. The van der Waals surface area contributed by atoms with Crippen LogP contribution in [0.4, 0.5) is 0 Å². The SMILES string of the molecule is CCCCCCCCCCN1C=CN(Cc2ccccc2)C1c1ccccc1. The van der Waals surface area contributed by atoms with Gasteiger partial charge in [0.1, 0.15) is 6.17 Å². The lowest BCUT2D eigenvalue weighted by Gasteiger charge is -2.33. The molecule has 0 bridgehead atoms. The molecular formula is C26H36N2. The van der Waals surface area contributed by atoms with E-state index in [0.29, 0.717) is 6.17 Å². The van der Waals surface area contributed by atoms with E-state index in [4.69, 9.17) is 0 Å². The van der Waals surface area contributed by atoms with Gasteiger partial charge in [-0.15, -0.1) is 0 Å². The van der Waals surface area contributed by atoms with Crippen LogP contribution in [-0.2, 0) is 6.54 Å². The van der Waals surface area contributed by atoms with Gasteiger partial charge in [0, 0.05) is 25.5 Å². The molecule has 0 saturated heterocycles. The van der Waals surface area contributed by atoms with E-state index in [1.54, 1.807) is 0 Å². The summed E-state index contributed by atoms with van der Waals surface area (Å²) in [5, 5.41) is 0. The Balaban J connectivity index is 1.52. The summed E-state index contributed by atoms with van der Waals surface area (Å²) in [6, 6.07) is 21.7. The average Bonchev–Trinajstić information content (AvgIpc) is 3.13. The first-order valence-corrected chi connectivity index (χ1v) is 11.2. The largest absolute Gasteiger partial charge is 0.352 e. The standard InChI is InChI=1S/C26H36N2/c1-2-3-4-5-6-7-8-15-20-27-21-22-28(23-24-16-11-9-12-17-24)26(27)25-18-13-10-14-19-25/h9-14,16-19,21-22,26H,2-8,15,20,23H2,1H3. The van der Waals surface area contributed by atoms with Gasteiger partial charge in [-0.2, -0.15) is 0 Å². The summed E-state index contributed by atoms with van der Waals surface area (Å²) in [6.07, 6.45) is 15.8. The number of nitrogens with zero attached hydrogens (tertiary/aromatic N) is 2. The molecule has 150 valence electrons. The number of hydrogen-bond donors (Lipinski definition) is 0. The van der Waals surface area contributed by atoms with Crippen LogP contribution in [-0.4, -0.2) is 16.3 Å². The molecule has 28 heavy (non-hydrogen) atoms. The Bertz CT molecular complexity index is 680. The zero-order valence-corrected chi connectivity index (χ0v) is 17.5. The topological polar surface area (TPSA) is 6.48 Å². The number of rotatable bonds is 12. The third-order valence-electron chi connectivity index (χ3n) is 5.65. The number of benzene rings is 2. The Kier molecular flexibility index (Phi) is 8.49. The van der Waals surface area contributed by atoms with E-state index in [0.717, 1.165) is 13.1 Å². The van der Waals surface area contributed by atoms with Crippen LogP contribution in [0.2, 0.25) is 0 Å². The van der Waals surface area contributed by atoms with Crippen molar-refractivity contribution in [3.63, 3.8) is 0 Å². The molecule has 0 radical (unpaired) electrons. The van der Waals surface area contributed by atoms with Crippen molar-refractivity contribution in [2.75, 3.05) is 6.54 Å². The van der Waals surface area contributed by atoms with Gasteiger partial charge in [-0.3, -0.25) is 0 Å². The minimum absolute atomic E-state index is 0.311. The van der Waals surface area contributed by atoms with Gasteiger partial charge in [0.15, 0.2) is 0 Å². The summed E-state index contributed by atoms with van der Waals surface area (Å²) >= 11 is 0. The maximum absolute atomic E-state index is 2.52. The summed E-state index contributed by atoms with van der Waals surface area (Å²) in [4.78, 5) is 4.99. The van der Waals surface area contributed by atoms with E-state index in [-0.39, 0.29) is 0 Å². The first-order valence-electron chi connectivity index (χ1n) is 11.2. The second-order valence-corrected chi connectivity index (χ2v) is 7.95. The molecule has 0 fully saturated rings. The number of unbranched alkanes of at least 4 members (excludes halogenated alkanes) is 7. The predicted molar refractivity (Wildman–Crippen MR) is 120 cm³/mol. The fourth-order valence-corrected chi connectivity index (χ4v) is 4.09. The third kappa shape index (κ3) is 6.15. The summed E-state index contributed by atoms with van der Waals surface area (Å²) in [5.74, 6) is 0. The molecule has 0 amide bonds. The summed E-state index contributed by atoms with van der Waals surface area (Å²) < 4.78 is 0. The van der Waals surface area contributed by atoms with Gasteiger partial charge in [0.25, 0.3) is 0 Å². The van der Waals surface area contributed by atoms with Crippen LogP contribution in [0.5, 0.6) is 0 Å². The molecule has 3 rings (SSSR count). The van der Waals surface area contributed by atoms with Gasteiger partial charge >= 0.3 is 0 Å². The maximum atomic E-state index is 2.52. The van der Waals surface area contributed by atoms with Crippen LogP contribution in [0.15, 0.2) is 73.1 Å². The molecule has 0 aliphatic carbocycles. The highest BCUT2D eigenvalue weighted by molar-refractivity contribution is 5.23. The summed E-state index contributed by atoms with van der Waals surface area (Å²) in [5.41, 5.74) is 2.74. The van der Waals surface area contributed by atoms with Crippen molar-refractivity contribution in [2.45, 2.75) is 71.0 Å². The second kappa shape index (κ2) is 11.6. The second-order valence-electron chi connectivity index (χ2n) is 7.95. The highest BCUT2D eigenvalue weighted by Crippen LogP contribution is 2.32. The van der Waals surface area contributed by atoms with Crippen LogP contribution < -0.4 is 0 Å². The molecule has 1 aliphatic rings. The molecule has 2 heteroatoms. The van der Waals surface area contributed by atoms with Crippen molar-refractivity contribution in [1.82, 2.24) is 9.80 Å². The smallest absolute Gasteiger partial charge is 0.127 e. The predicted octanol–water partition coefficient (Wildman–Crippen LogP) is 7.11. The van der Waals surface area contributed by atoms with Crippen molar-refractivity contribution < 1.29 is 0 Å². The van der Waals surface area contributed by atoms with Crippen molar-refractivity contribution in [3.8, 4) is 0 Å². The van der Waals surface area contributed by atoms with Crippen molar-refractivity contribution in [3.05, 3.63) is 84.2 Å². The summed E-state index contributed by atoms with van der Waals surface area (Å²) in [6.45, 7) is 4.37. The first-order chi connectivity index (χ1) is 13.9. The quantitative estimate of drug-likeness (QED) is 0.364. The van der Waals surface area contributed by atoms with Crippen LogP contribution in [0.3, 0.4) is 0 Å². The van der Waals surface area contributed by atoms with Crippen LogP contribution >= 0.6 is 0 Å². The fraction of sp³-hybridized carbons (Fsp3) is 0.462. The van der Waals surface area contributed by atoms with E-state index in [1.165, 1.54) is 62.5 Å². The maximum Gasteiger partial charge on any atom is 0.127 e. The normalized spacial score (nSPS) is 16.1. The minimum Gasteiger partial charge on any atom is -0.352 e. The van der Waals surface area contributed by atoms with E-state index >= 15 is 0 Å². The van der Waals surface area contributed by atoms with Gasteiger partial charge in [0.2, 0.25) is 0 Å². The van der Waals surface area contributed by atoms with Gasteiger partial charge in [0.05, 0.1) is 0 Å². The fourth-order valence-electron chi connectivity index (χ4n) is 4.09. The van der Waals surface area contributed by atoms with Crippen LogP contribution in [0.1, 0.15) is 75.6 Å². The molecule has 2 aromatic rings. The molecule has 0 spiro atoms. The van der Waals surface area contributed by atoms with E-state index < -0.39 is 0 Å². The highest BCUT2D eigenvalue weighted by Gasteiger charge is 2.27. The zero-order valence-electron chi connectivity index (χ0n) is 17.5. The molecule has 2 nitrogen and oxygen atoms in total. The van der Waals surface area contributed by atoms with E-state index in [2.05, 4.69) is 89.8 Å². The Hall–Kier alpha value is -2.22. The Labute approximate surface area is 171 Å². The lowest BCUT2D eigenvalue weighted by molar-refractivity contribution is 0.146. The molecule has 1 aliphatic heterocycles. The molecule has 1 heterocycles. The van der Waals surface area contributed by atoms with Crippen LogP contribution in [0.25, 0.3) is 0 Å². The lowest BCUT2D eigenvalue weighted by Crippen LogP contribution is -2.31. The average molecular weight is 377 g/mol. The first kappa shape index (κ1) is 20.5. The Morgan fingerprint density at radius 2 is 1.21 bits per heavy atom. The van der Waals surface area contributed by atoms with Crippen LogP contribution in [0, 0.1) is 0 Å². The molecule has 0 aromatic heterocycles. The third-order valence-corrected chi connectivity index (χ3v) is 5.65. The van der Waals surface area contributed by atoms with Gasteiger partial charge in [-0.25, -0.2) is 0 Å². The lowest BCUT2D eigenvalue weighted by atomic mass is 10.1. The molecule has 0 saturated carbocycles. The molecular weight excluding hydrogens is 340 g/mol. The molecule has 2 aromatic carbocycles. The van der Waals surface area contributed by atoms with Crippen molar-refractivity contribution in [1.29, 1.82) is 0 Å². The number of hydrogen-bond acceptors (Lipinski definition) is 2. The van der Waals surface area contributed by atoms with Gasteiger partial charge in [-0.05, 0) is 17.5 Å². The Morgan fingerprint density at radius 3 is 1.89 bits per heavy atom. The van der Waals surface area contributed by atoms with Gasteiger partial charge in [-0.1, -0.05) is 113 Å². The molecule has 1 unspecified atom stereocenters. The van der Waals surface area contributed by atoms with Gasteiger partial charge < -0.3 is 9.80 Å². The zero-order chi connectivity index (χ0) is 19.4.